The number of aryl methyl sites for hydroxylation is 1. The lowest BCUT2D eigenvalue weighted by atomic mass is 10.2. The molecule has 17 heavy (non-hydrogen) atoms. The maximum Gasteiger partial charge on any atom is 0.347 e. The number of pyridine rings is 1. The van der Waals surface area contributed by atoms with E-state index in [4.69, 9.17) is 5.84 Å². The maximum absolute atomic E-state index is 11.5. The zero-order valence-electron chi connectivity index (χ0n) is 9.42. The van der Waals surface area contributed by atoms with Gasteiger partial charge in [-0.25, -0.2) is 20.6 Å². The molecule has 0 aromatic carbocycles. The van der Waals surface area contributed by atoms with E-state index in [9.17, 15) is 4.79 Å². The second kappa shape index (κ2) is 4.75. The number of anilines is 1. The Morgan fingerprint density at radius 1 is 1.47 bits per heavy atom. The Balaban J connectivity index is 2.31. The Morgan fingerprint density at radius 3 is 3.06 bits per heavy atom. The Kier molecular flexibility index (Phi) is 3.15. The molecule has 2 rings (SSSR count). The molecule has 0 radical (unpaired) electrons. The number of hydrogen-bond acceptors (Lipinski definition) is 5. The van der Waals surface area contributed by atoms with Crippen molar-refractivity contribution < 1.29 is 0 Å². The minimum atomic E-state index is -0.269. The van der Waals surface area contributed by atoms with Gasteiger partial charge in [-0.05, 0) is 30.2 Å². The molecule has 88 valence electrons. The van der Waals surface area contributed by atoms with Gasteiger partial charge in [-0.3, -0.25) is 4.57 Å². The Labute approximate surface area is 98.1 Å². The van der Waals surface area contributed by atoms with Gasteiger partial charge < -0.3 is 5.43 Å². The molecule has 2 heterocycles. The zero-order chi connectivity index (χ0) is 12.3. The highest BCUT2D eigenvalue weighted by molar-refractivity contribution is 5.35. The maximum atomic E-state index is 11.5. The van der Waals surface area contributed by atoms with Crippen molar-refractivity contribution in [2.45, 2.75) is 13.5 Å². The van der Waals surface area contributed by atoms with Gasteiger partial charge in [0.15, 0.2) is 0 Å². The van der Waals surface area contributed by atoms with Crippen LogP contribution in [0, 0.1) is 6.92 Å². The third-order valence-electron chi connectivity index (χ3n) is 2.31. The van der Waals surface area contributed by atoms with Crippen LogP contribution in [0.25, 0.3) is 0 Å². The predicted molar refractivity (Wildman–Crippen MR) is 64.4 cm³/mol. The van der Waals surface area contributed by atoms with E-state index in [0.717, 1.165) is 11.1 Å². The molecule has 2 aromatic rings. The summed E-state index contributed by atoms with van der Waals surface area (Å²) >= 11 is 0. The molecular weight excluding hydrogens is 218 g/mol. The number of nitrogens with two attached hydrogens (primary N) is 1. The van der Waals surface area contributed by atoms with Crippen LogP contribution >= 0.6 is 0 Å². The lowest BCUT2D eigenvalue weighted by molar-refractivity contribution is 0.720. The lowest BCUT2D eigenvalue weighted by Crippen LogP contribution is -2.23. The van der Waals surface area contributed by atoms with Crippen LogP contribution in [0.1, 0.15) is 11.1 Å². The molecule has 2 aromatic heterocycles. The van der Waals surface area contributed by atoms with E-state index in [2.05, 4.69) is 15.4 Å². The van der Waals surface area contributed by atoms with E-state index >= 15 is 0 Å². The number of rotatable bonds is 3. The van der Waals surface area contributed by atoms with E-state index in [1.807, 2.05) is 13.0 Å². The van der Waals surface area contributed by atoms with Crippen LogP contribution in [0.5, 0.6) is 0 Å². The zero-order valence-corrected chi connectivity index (χ0v) is 9.42. The summed E-state index contributed by atoms with van der Waals surface area (Å²) < 4.78 is 1.55. The fraction of sp³-hybridized carbons (Fsp3) is 0.182. The summed E-state index contributed by atoms with van der Waals surface area (Å²) in [6.07, 6.45) is 4.96. The molecule has 0 amide bonds. The second-order valence-corrected chi connectivity index (χ2v) is 3.74. The van der Waals surface area contributed by atoms with E-state index in [1.54, 1.807) is 29.2 Å². The molecule has 0 bridgehead atoms. The second-order valence-electron chi connectivity index (χ2n) is 3.74. The standard InChI is InChI=1S/C11H13N5O/c1-8-5-14-11(17)16(6-8)7-9-2-3-13-10(4-9)15-12/h2-6H,7,12H2,1H3,(H,13,15). The van der Waals surface area contributed by atoms with Crippen LogP contribution in [-0.4, -0.2) is 14.5 Å². The third kappa shape index (κ3) is 2.67. The molecule has 0 spiro atoms. The van der Waals surface area contributed by atoms with Gasteiger partial charge in [-0.2, -0.15) is 0 Å². The average Bonchev–Trinajstić information content (AvgIpc) is 2.34. The third-order valence-corrected chi connectivity index (χ3v) is 2.31. The van der Waals surface area contributed by atoms with Crippen LogP contribution in [0.15, 0.2) is 35.5 Å². The summed E-state index contributed by atoms with van der Waals surface area (Å²) in [5, 5.41) is 0. The SMILES string of the molecule is Cc1cnc(=O)n(Cc2ccnc(NN)c2)c1. The normalized spacial score (nSPS) is 10.2. The number of aromatic nitrogens is 3. The molecule has 0 unspecified atom stereocenters. The Morgan fingerprint density at radius 2 is 2.29 bits per heavy atom. The van der Waals surface area contributed by atoms with Crippen LogP contribution in [0.3, 0.4) is 0 Å². The summed E-state index contributed by atoms with van der Waals surface area (Å²) in [4.78, 5) is 19.3. The first kappa shape index (κ1) is 11.3. The van der Waals surface area contributed by atoms with Crippen molar-refractivity contribution in [2.24, 2.45) is 5.84 Å². The van der Waals surface area contributed by atoms with Crippen LogP contribution < -0.4 is 17.0 Å². The van der Waals surface area contributed by atoms with Crippen molar-refractivity contribution in [1.29, 1.82) is 0 Å². The first-order chi connectivity index (χ1) is 8.19. The van der Waals surface area contributed by atoms with Crippen LogP contribution in [0.4, 0.5) is 5.82 Å². The first-order valence-corrected chi connectivity index (χ1v) is 5.13. The van der Waals surface area contributed by atoms with Crippen molar-refractivity contribution in [1.82, 2.24) is 14.5 Å². The van der Waals surface area contributed by atoms with Crippen molar-refractivity contribution in [3.8, 4) is 0 Å². The summed E-state index contributed by atoms with van der Waals surface area (Å²) in [5.41, 5.74) is 4.07. The van der Waals surface area contributed by atoms with Gasteiger partial charge in [-0.15, -0.1) is 0 Å². The number of hydrazine groups is 1. The Bertz CT molecular complexity index is 578. The Hall–Kier alpha value is -2.21. The summed E-state index contributed by atoms with van der Waals surface area (Å²) in [7, 11) is 0. The van der Waals surface area contributed by atoms with Crippen molar-refractivity contribution in [3.63, 3.8) is 0 Å². The molecule has 3 N–H and O–H groups in total. The van der Waals surface area contributed by atoms with Gasteiger partial charge in [-0.1, -0.05) is 0 Å². The highest BCUT2D eigenvalue weighted by Gasteiger charge is 2.00. The van der Waals surface area contributed by atoms with E-state index < -0.39 is 0 Å². The molecule has 0 aliphatic carbocycles. The highest BCUT2D eigenvalue weighted by Crippen LogP contribution is 2.06. The van der Waals surface area contributed by atoms with Crippen molar-refractivity contribution >= 4 is 5.82 Å². The molecule has 0 saturated heterocycles. The molecule has 0 saturated carbocycles. The quantitative estimate of drug-likeness (QED) is 0.585. The van der Waals surface area contributed by atoms with E-state index in [0.29, 0.717) is 12.4 Å². The van der Waals surface area contributed by atoms with E-state index in [1.165, 1.54) is 0 Å². The first-order valence-electron chi connectivity index (χ1n) is 5.13. The number of hydrogen-bond donors (Lipinski definition) is 2. The van der Waals surface area contributed by atoms with Crippen LogP contribution in [-0.2, 0) is 6.54 Å². The van der Waals surface area contributed by atoms with E-state index in [-0.39, 0.29) is 5.69 Å². The molecule has 6 nitrogen and oxygen atoms in total. The largest absolute Gasteiger partial charge is 0.347 e. The monoisotopic (exact) mass is 231 g/mol. The summed E-state index contributed by atoms with van der Waals surface area (Å²) in [6.45, 7) is 2.34. The fourth-order valence-corrected chi connectivity index (χ4v) is 1.53. The minimum Gasteiger partial charge on any atom is -0.308 e. The lowest BCUT2D eigenvalue weighted by Gasteiger charge is -2.07. The topological polar surface area (TPSA) is 85.8 Å². The minimum absolute atomic E-state index is 0.269. The average molecular weight is 231 g/mol. The molecular formula is C11H13N5O. The smallest absolute Gasteiger partial charge is 0.308 e. The van der Waals surface area contributed by atoms with Gasteiger partial charge in [0.05, 0.1) is 6.54 Å². The van der Waals surface area contributed by atoms with Gasteiger partial charge in [0.2, 0.25) is 0 Å². The molecule has 0 aliphatic rings. The fourth-order valence-electron chi connectivity index (χ4n) is 1.53. The van der Waals surface area contributed by atoms with Gasteiger partial charge >= 0.3 is 5.69 Å². The van der Waals surface area contributed by atoms with Gasteiger partial charge in [0, 0.05) is 18.6 Å². The number of nitrogen functional groups attached to an aromatic ring is 1. The predicted octanol–water partition coefficient (Wildman–Crippen LogP) is 0.281. The van der Waals surface area contributed by atoms with Gasteiger partial charge in [0.1, 0.15) is 5.82 Å². The summed E-state index contributed by atoms with van der Waals surface area (Å²) in [5.74, 6) is 5.84. The summed E-state index contributed by atoms with van der Waals surface area (Å²) in [6, 6.07) is 3.62. The van der Waals surface area contributed by atoms with Crippen LogP contribution in [0.2, 0.25) is 0 Å². The number of nitrogens with zero attached hydrogens (tertiary/aromatic N) is 3. The number of nitrogens with one attached hydrogen (secondary N) is 1. The molecule has 6 heteroatoms. The van der Waals surface area contributed by atoms with Gasteiger partial charge in [0.25, 0.3) is 0 Å². The van der Waals surface area contributed by atoms with Crippen molar-refractivity contribution in [2.75, 3.05) is 5.43 Å². The molecule has 0 atom stereocenters. The molecule has 0 fully saturated rings. The highest BCUT2D eigenvalue weighted by atomic mass is 16.1. The van der Waals surface area contributed by atoms with Crippen molar-refractivity contribution in [3.05, 3.63) is 52.3 Å². The molecule has 0 aliphatic heterocycles.